The molecule has 0 saturated carbocycles. The zero-order valence-corrected chi connectivity index (χ0v) is 13.4. The van der Waals surface area contributed by atoms with Crippen LogP contribution >= 0.6 is 11.6 Å². The highest BCUT2D eigenvalue weighted by Gasteiger charge is 2.23. The number of halogens is 1. The van der Waals surface area contributed by atoms with Crippen LogP contribution in [0.4, 0.5) is 5.82 Å². The number of benzene rings is 1. The van der Waals surface area contributed by atoms with Crippen molar-refractivity contribution in [2.24, 2.45) is 11.7 Å². The predicted molar refractivity (Wildman–Crippen MR) is 90.2 cm³/mol. The number of hydrogen-bond acceptors (Lipinski definition) is 4. The van der Waals surface area contributed by atoms with Crippen molar-refractivity contribution in [2.75, 3.05) is 18.0 Å². The van der Waals surface area contributed by atoms with Crippen molar-refractivity contribution in [3.8, 4) is 6.07 Å². The van der Waals surface area contributed by atoms with Gasteiger partial charge in [0.05, 0.1) is 17.1 Å². The molecule has 1 unspecified atom stereocenters. The molecule has 1 aliphatic heterocycles. The molecule has 0 aliphatic carbocycles. The van der Waals surface area contributed by atoms with E-state index in [1.54, 1.807) is 18.2 Å². The minimum atomic E-state index is -0.268. The van der Waals surface area contributed by atoms with Crippen LogP contribution in [0, 0.1) is 17.2 Å². The van der Waals surface area contributed by atoms with Gasteiger partial charge in [-0.15, -0.1) is 0 Å². The van der Waals surface area contributed by atoms with E-state index in [4.69, 9.17) is 17.3 Å². The second-order valence-electron chi connectivity index (χ2n) is 5.93. The smallest absolute Gasteiger partial charge is 0.217 e. The van der Waals surface area contributed by atoms with Crippen LogP contribution in [0.5, 0.6) is 0 Å². The van der Waals surface area contributed by atoms with Gasteiger partial charge in [0, 0.05) is 29.9 Å². The number of pyridine rings is 1. The van der Waals surface area contributed by atoms with E-state index in [0.29, 0.717) is 17.0 Å². The van der Waals surface area contributed by atoms with Crippen molar-refractivity contribution in [2.45, 2.75) is 19.3 Å². The monoisotopic (exact) mass is 328 g/mol. The summed E-state index contributed by atoms with van der Waals surface area (Å²) < 4.78 is 0. The maximum Gasteiger partial charge on any atom is 0.217 e. The second kappa shape index (κ2) is 6.43. The van der Waals surface area contributed by atoms with E-state index < -0.39 is 0 Å². The summed E-state index contributed by atoms with van der Waals surface area (Å²) in [6, 6.07) is 9.38. The highest BCUT2D eigenvalue weighted by molar-refractivity contribution is 6.31. The van der Waals surface area contributed by atoms with E-state index in [9.17, 15) is 10.1 Å². The van der Waals surface area contributed by atoms with E-state index in [1.165, 1.54) is 0 Å². The maximum absolute atomic E-state index is 11.2. The largest absolute Gasteiger partial charge is 0.370 e. The number of nitrogens with zero attached hydrogens (tertiary/aromatic N) is 3. The number of amides is 1. The van der Waals surface area contributed by atoms with Crippen LogP contribution in [-0.4, -0.2) is 24.0 Å². The topological polar surface area (TPSA) is 83.0 Å². The number of fused-ring (bicyclic) bond motifs is 1. The molecule has 1 aromatic carbocycles. The zero-order chi connectivity index (χ0) is 16.4. The third kappa shape index (κ3) is 3.38. The standard InChI is InChI=1S/C17H17ClN4O/c18-13-3-4-15-14(8-13)12(9-19)7-17(21-15)22-5-1-2-11(10-22)6-16(20)23/h3-4,7-8,11H,1-2,5-6,10H2,(H2,20,23). The Labute approximate surface area is 139 Å². The van der Waals surface area contributed by atoms with Crippen LogP contribution < -0.4 is 10.6 Å². The molecule has 118 valence electrons. The Hall–Kier alpha value is -2.32. The van der Waals surface area contributed by atoms with E-state index in [0.717, 1.165) is 42.7 Å². The van der Waals surface area contributed by atoms with Gasteiger partial charge in [0.25, 0.3) is 0 Å². The van der Waals surface area contributed by atoms with Crippen LogP contribution in [0.15, 0.2) is 24.3 Å². The zero-order valence-electron chi connectivity index (χ0n) is 12.6. The summed E-state index contributed by atoms with van der Waals surface area (Å²) in [7, 11) is 0. The third-order valence-corrected chi connectivity index (χ3v) is 4.45. The number of anilines is 1. The molecule has 0 radical (unpaired) electrons. The lowest BCUT2D eigenvalue weighted by atomic mass is 9.94. The molecule has 1 atom stereocenters. The fourth-order valence-electron chi connectivity index (χ4n) is 3.16. The van der Waals surface area contributed by atoms with Gasteiger partial charge in [0.1, 0.15) is 5.82 Å². The Morgan fingerprint density at radius 2 is 2.30 bits per heavy atom. The first-order valence-corrected chi connectivity index (χ1v) is 7.98. The molecule has 1 aromatic heterocycles. The minimum absolute atomic E-state index is 0.245. The van der Waals surface area contributed by atoms with Gasteiger partial charge in [-0.25, -0.2) is 4.98 Å². The normalized spacial score (nSPS) is 17.9. The van der Waals surface area contributed by atoms with Gasteiger partial charge >= 0.3 is 0 Å². The molecular weight excluding hydrogens is 312 g/mol. The van der Waals surface area contributed by atoms with Crippen molar-refractivity contribution in [3.63, 3.8) is 0 Å². The number of piperidine rings is 1. The Balaban J connectivity index is 1.95. The molecule has 1 amide bonds. The summed E-state index contributed by atoms with van der Waals surface area (Å²) in [5.41, 5.74) is 6.62. The van der Waals surface area contributed by atoms with Crippen molar-refractivity contribution in [3.05, 3.63) is 34.9 Å². The molecule has 2 aromatic rings. The summed E-state index contributed by atoms with van der Waals surface area (Å²) in [4.78, 5) is 17.9. The number of nitrogens with two attached hydrogens (primary N) is 1. The average molecular weight is 329 g/mol. The van der Waals surface area contributed by atoms with E-state index in [-0.39, 0.29) is 11.8 Å². The molecule has 2 N–H and O–H groups in total. The van der Waals surface area contributed by atoms with Gasteiger partial charge in [-0.1, -0.05) is 11.6 Å². The number of hydrogen-bond donors (Lipinski definition) is 1. The summed E-state index contributed by atoms with van der Waals surface area (Å²) in [6.07, 6.45) is 2.37. The summed E-state index contributed by atoms with van der Waals surface area (Å²) >= 11 is 6.01. The third-order valence-electron chi connectivity index (χ3n) is 4.21. The quantitative estimate of drug-likeness (QED) is 0.939. The van der Waals surface area contributed by atoms with Gasteiger partial charge in [-0.2, -0.15) is 5.26 Å². The molecule has 2 heterocycles. The SMILES string of the molecule is N#Cc1cc(N2CCCC(CC(N)=O)C2)nc2ccc(Cl)cc12. The Bertz CT molecular complexity index is 799. The molecule has 6 heteroatoms. The first-order valence-electron chi connectivity index (χ1n) is 7.60. The van der Waals surface area contributed by atoms with Gasteiger partial charge in [-0.05, 0) is 43.0 Å². The summed E-state index contributed by atoms with van der Waals surface area (Å²) in [5.74, 6) is 0.746. The molecule has 1 fully saturated rings. The van der Waals surface area contributed by atoms with E-state index in [2.05, 4.69) is 16.0 Å². The number of carbonyl (C=O) groups is 1. The lowest BCUT2D eigenvalue weighted by molar-refractivity contribution is -0.118. The second-order valence-corrected chi connectivity index (χ2v) is 6.36. The first-order chi connectivity index (χ1) is 11.1. The lowest BCUT2D eigenvalue weighted by Crippen LogP contribution is -2.37. The molecular formula is C17H17ClN4O. The molecule has 0 bridgehead atoms. The predicted octanol–water partition coefficient (Wildman–Crippen LogP) is 2.85. The van der Waals surface area contributed by atoms with Crippen molar-refractivity contribution in [1.29, 1.82) is 5.26 Å². The van der Waals surface area contributed by atoms with Crippen molar-refractivity contribution >= 4 is 34.2 Å². The van der Waals surface area contributed by atoms with Crippen molar-refractivity contribution in [1.82, 2.24) is 4.98 Å². The van der Waals surface area contributed by atoms with Crippen molar-refractivity contribution < 1.29 is 4.79 Å². The Morgan fingerprint density at radius 3 is 3.04 bits per heavy atom. The average Bonchev–Trinajstić information content (AvgIpc) is 2.53. The Morgan fingerprint density at radius 1 is 1.48 bits per heavy atom. The number of rotatable bonds is 3. The van der Waals surface area contributed by atoms with Gasteiger partial charge in [-0.3, -0.25) is 4.79 Å². The fourth-order valence-corrected chi connectivity index (χ4v) is 3.33. The highest BCUT2D eigenvalue weighted by Crippen LogP contribution is 2.28. The number of carbonyl (C=O) groups excluding carboxylic acids is 1. The van der Waals surface area contributed by atoms with Gasteiger partial charge < -0.3 is 10.6 Å². The molecule has 0 spiro atoms. The van der Waals surface area contributed by atoms with Crippen LogP contribution in [-0.2, 0) is 4.79 Å². The van der Waals surface area contributed by atoms with Crippen LogP contribution in [0.3, 0.4) is 0 Å². The number of primary amides is 1. The molecule has 1 saturated heterocycles. The Kier molecular flexibility index (Phi) is 4.35. The number of aromatic nitrogens is 1. The van der Waals surface area contributed by atoms with E-state index in [1.807, 2.05) is 6.07 Å². The highest BCUT2D eigenvalue weighted by atomic mass is 35.5. The lowest BCUT2D eigenvalue weighted by Gasteiger charge is -2.33. The summed E-state index contributed by atoms with van der Waals surface area (Å²) in [6.45, 7) is 1.60. The van der Waals surface area contributed by atoms with Crippen LogP contribution in [0.2, 0.25) is 5.02 Å². The van der Waals surface area contributed by atoms with Crippen LogP contribution in [0.1, 0.15) is 24.8 Å². The summed E-state index contributed by atoms with van der Waals surface area (Å²) in [5, 5.41) is 10.8. The maximum atomic E-state index is 11.2. The van der Waals surface area contributed by atoms with Gasteiger partial charge in [0.2, 0.25) is 5.91 Å². The van der Waals surface area contributed by atoms with Crippen LogP contribution in [0.25, 0.3) is 10.9 Å². The minimum Gasteiger partial charge on any atom is -0.370 e. The molecule has 1 aliphatic rings. The van der Waals surface area contributed by atoms with Gasteiger partial charge in [0.15, 0.2) is 0 Å². The van der Waals surface area contributed by atoms with E-state index >= 15 is 0 Å². The molecule has 3 rings (SSSR count). The number of nitriles is 1. The molecule has 23 heavy (non-hydrogen) atoms. The fraction of sp³-hybridized carbons (Fsp3) is 0.353. The molecule has 5 nitrogen and oxygen atoms in total. The first kappa shape index (κ1) is 15.6.